The lowest BCUT2D eigenvalue weighted by atomic mass is 10.0. The highest BCUT2D eigenvalue weighted by atomic mass is 16.5. The topological polar surface area (TPSA) is 85.0 Å². The quantitative estimate of drug-likeness (QED) is 0.203. The summed E-state index contributed by atoms with van der Waals surface area (Å²) in [4.78, 5) is 23.4. The molecular formula is C27H35N3O4. The fourth-order valence-corrected chi connectivity index (χ4v) is 4.33. The Kier molecular flexibility index (Phi) is 10.2. The van der Waals surface area contributed by atoms with Crippen LogP contribution in [0.2, 0.25) is 0 Å². The van der Waals surface area contributed by atoms with Crippen LogP contribution in [0.5, 0.6) is 0 Å². The first-order valence-electron chi connectivity index (χ1n) is 12.2. The molecule has 7 nitrogen and oxygen atoms in total. The monoisotopic (exact) mass is 465 g/mol. The van der Waals surface area contributed by atoms with Gasteiger partial charge in [0.2, 0.25) is 0 Å². The number of aromatic nitrogens is 1. The molecule has 34 heavy (non-hydrogen) atoms. The van der Waals surface area contributed by atoms with Gasteiger partial charge in [0.1, 0.15) is 6.61 Å². The first-order valence-corrected chi connectivity index (χ1v) is 12.2. The van der Waals surface area contributed by atoms with Gasteiger partial charge in [0.05, 0.1) is 24.8 Å². The number of allylic oxidation sites excluding steroid dienone is 7. The summed E-state index contributed by atoms with van der Waals surface area (Å²) in [7, 11) is 0. The zero-order valence-electron chi connectivity index (χ0n) is 20.2. The van der Waals surface area contributed by atoms with Crippen LogP contribution in [0.4, 0.5) is 0 Å². The summed E-state index contributed by atoms with van der Waals surface area (Å²) in [5.41, 5.74) is 5.06. The van der Waals surface area contributed by atoms with E-state index in [0.717, 1.165) is 50.8 Å². The van der Waals surface area contributed by atoms with Crippen molar-refractivity contribution in [3.63, 3.8) is 0 Å². The summed E-state index contributed by atoms with van der Waals surface area (Å²) in [6.45, 7) is 5.78. The van der Waals surface area contributed by atoms with Crippen molar-refractivity contribution in [1.82, 2.24) is 10.1 Å². The molecule has 1 aromatic heterocycles. The van der Waals surface area contributed by atoms with Crippen LogP contribution in [0.1, 0.15) is 63.8 Å². The SMILES string of the molecule is C/C=C\C/C=C1/C2=C(C=CCC=C2)N(CCCCCc2cc(COCCC(=O)N=O)on2)C1C. The van der Waals surface area contributed by atoms with Gasteiger partial charge in [-0.3, -0.25) is 4.79 Å². The first kappa shape index (κ1) is 25.6. The molecule has 2 aliphatic rings. The molecule has 0 aromatic carbocycles. The van der Waals surface area contributed by atoms with Gasteiger partial charge >= 0.3 is 0 Å². The van der Waals surface area contributed by atoms with Crippen molar-refractivity contribution in [2.75, 3.05) is 13.2 Å². The van der Waals surface area contributed by atoms with Crippen LogP contribution in [0.25, 0.3) is 0 Å². The number of hydrogen-bond donors (Lipinski definition) is 0. The number of unbranched alkanes of at least 4 members (excludes halogenated alkanes) is 2. The van der Waals surface area contributed by atoms with Crippen LogP contribution >= 0.6 is 0 Å². The summed E-state index contributed by atoms with van der Waals surface area (Å²) in [5.74, 6) is -0.0844. The van der Waals surface area contributed by atoms with Crippen molar-refractivity contribution in [2.24, 2.45) is 5.18 Å². The average Bonchev–Trinajstić information content (AvgIpc) is 3.29. The van der Waals surface area contributed by atoms with Gasteiger partial charge in [-0.25, -0.2) is 0 Å². The molecule has 3 rings (SSSR count). The number of rotatable bonds is 13. The Morgan fingerprint density at radius 3 is 2.97 bits per heavy atom. The molecule has 0 radical (unpaired) electrons. The molecule has 1 aromatic rings. The van der Waals surface area contributed by atoms with E-state index >= 15 is 0 Å². The molecule has 7 heteroatoms. The Labute approximate surface area is 201 Å². The number of hydrogen-bond acceptors (Lipinski definition) is 6. The maximum absolute atomic E-state index is 10.8. The minimum atomic E-state index is -0.707. The number of carbonyl (C=O) groups excluding carboxylic acids is 1. The minimum Gasteiger partial charge on any atom is -0.373 e. The molecule has 0 bridgehead atoms. The van der Waals surface area contributed by atoms with Crippen LogP contribution in [0.3, 0.4) is 0 Å². The second-order valence-corrected chi connectivity index (χ2v) is 8.56. The smallest absolute Gasteiger partial charge is 0.288 e. The lowest BCUT2D eigenvalue weighted by Gasteiger charge is -2.26. The van der Waals surface area contributed by atoms with E-state index in [0.29, 0.717) is 11.8 Å². The fourth-order valence-electron chi connectivity index (χ4n) is 4.33. The van der Waals surface area contributed by atoms with Gasteiger partial charge in [-0.2, -0.15) is 0 Å². The second kappa shape index (κ2) is 13.6. The van der Waals surface area contributed by atoms with Crippen molar-refractivity contribution in [2.45, 2.75) is 71.4 Å². The first-order chi connectivity index (χ1) is 16.6. The molecule has 1 atom stereocenters. The van der Waals surface area contributed by atoms with Gasteiger partial charge in [0.15, 0.2) is 5.76 Å². The van der Waals surface area contributed by atoms with Crippen molar-refractivity contribution in [3.05, 3.63) is 81.8 Å². The highest BCUT2D eigenvalue weighted by molar-refractivity contribution is 5.76. The number of carbonyl (C=O) groups is 1. The molecule has 0 saturated heterocycles. The minimum absolute atomic E-state index is 0.0162. The number of ether oxygens (including phenoxy) is 1. The van der Waals surface area contributed by atoms with E-state index in [1.54, 1.807) is 0 Å². The van der Waals surface area contributed by atoms with E-state index < -0.39 is 5.91 Å². The van der Waals surface area contributed by atoms with E-state index in [2.05, 4.69) is 71.6 Å². The molecule has 0 N–H and O–H groups in total. The molecule has 0 fully saturated rings. The van der Waals surface area contributed by atoms with Gasteiger partial charge in [0, 0.05) is 29.1 Å². The molecule has 0 spiro atoms. The third-order valence-corrected chi connectivity index (χ3v) is 6.10. The van der Waals surface area contributed by atoms with Gasteiger partial charge < -0.3 is 14.2 Å². The summed E-state index contributed by atoms with van der Waals surface area (Å²) in [6.07, 6.45) is 21.8. The Morgan fingerprint density at radius 2 is 2.15 bits per heavy atom. The van der Waals surface area contributed by atoms with Crippen LogP contribution in [-0.2, 0) is 22.6 Å². The van der Waals surface area contributed by atoms with Gasteiger partial charge in [-0.1, -0.05) is 48.0 Å². The molecule has 182 valence electrons. The third kappa shape index (κ3) is 7.22. The van der Waals surface area contributed by atoms with Crippen LogP contribution < -0.4 is 0 Å². The largest absolute Gasteiger partial charge is 0.373 e. The maximum atomic E-state index is 10.8. The average molecular weight is 466 g/mol. The molecule has 1 aliphatic carbocycles. The Balaban J connectivity index is 1.43. The fraction of sp³-hybridized carbons (Fsp3) is 0.481. The maximum Gasteiger partial charge on any atom is 0.288 e. The molecular weight excluding hydrogens is 430 g/mol. The molecule has 2 heterocycles. The van der Waals surface area contributed by atoms with Crippen molar-refractivity contribution in [1.29, 1.82) is 0 Å². The number of aryl methyl sites for hydroxylation is 1. The van der Waals surface area contributed by atoms with E-state index in [9.17, 15) is 9.70 Å². The van der Waals surface area contributed by atoms with Gasteiger partial charge in [-0.05, 0) is 57.6 Å². The molecule has 1 amide bonds. The Hall–Kier alpha value is -3.06. The van der Waals surface area contributed by atoms with E-state index in [1.165, 1.54) is 16.8 Å². The summed E-state index contributed by atoms with van der Waals surface area (Å²) < 4.78 is 10.6. The Morgan fingerprint density at radius 1 is 1.29 bits per heavy atom. The number of nitroso groups, excluding NO2 is 1. The zero-order valence-corrected chi connectivity index (χ0v) is 20.2. The van der Waals surface area contributed by atoms with Crippen molar-refractivity contribution < 1.29 is 14.1 Å². The standard InChI is InChI=1S/C27H35N3O4/c1-3-4-7-13-24-21(2)30(26-15-10-5-9-14-25(24)26)17-11-6-8-12-22-19-23(34-29-22)20-33-18-16-27(31)28-32/h3-4,9-10,13-15,19,21H,5-8,11-12,16-18,20H2,1-2H3/b4-3-,24-13+. The molecule has 0 saturated carbocycles. The zero-order chi connectivity index (χ0) is 24.2. The van der Waals surface area contributed by atoms with E-state index in [1.807, 2.05) is 6.07 Å². The molecule has 1 aliphatic heterocycles. The number of amides is 1. The summed E-state index contributed by atoms with van der Waals surface area (Å²) in [5, 5.41) is 6.44. The lowest BCUT2D eigenvalue weighted by molar-refractivity contribution is -0.119. The predicted octanol–water partition coefficient (Wildman–Crippen LogP) is 5.95. The van der Waals surface area contributed by atoms with Gasteiger partial charge in [-0.15, -0.1) is 4.91 Å². The van der Waals surface area contributed by atoms with Crippen LogP contribution in [0.15, 0.2) is 75.1 Å². The van der Waals surface area contributed by atoms with Crippen molar-refractivity contribution in [3.8, 4) is 0 Å². The Bertz CT molecular complexity index is 984. The third-order valence-electron chi connectivity index (χ3n) is 6.10. The lowest BCUT2D eigenvalue weighted by Crippen LogP contribution is -2.29. The summed E-state index contributed by atoms with van der Waals surface area (Å²) in [6, 6.07) is 2.28. The summed E-state index contributed by atoms with van der Waals surface area (Å²) >= 11 is 0. The van der Waals surface area contributed by atoms with Crippen LogP contribution in [0, 0.1) is 4.91 Å². The highest BCUT2D eigenvalue weighted by Gasteiger charge is 2.30. The number of nitrogens with zero attached hydrogens (tertiary/aromatic N) is 3. The normalized spacial score (nSPS) is 18.8. The van der Waals surface area contributed by atoms with Gasteiger partial charge in [0.25, 0.3) is 5.91 Å². The molecule has 1 unspecified atom stereocenters. The second-order valence-electron chi connectivity index (χ2n) is 8.56. The highest BCUT2D eigenvalue weighted by Crippen LogP contribution is 2.37. The van der Waals surface area contributed by atoms with Crippen LogP contribution in [-0.4, -0.2) is 35.2 Å². The van der Waals surface area contributed by atoms with E-state index in [-0.39, 0.29) is 19.6 Å². The van der Waals surface area contributed by atoms with Crippen molar-refractivity contribution >= 4 is 5.91 Å². The predicted molar refractivity (Wildman–Crippen MR) is 133 cm³/mol. The van der Waals surface area contributed by atoms with E-state index in [4.69, 9.17) is 9.26 Å².